The number of hydrogen-bond acceptors (Lipinski definition) is 3. The number of hydrogen-bond donors (Lipinski definition) is 0. The van der Waals surface area contributed by atoms with Gasteiger partial charge in [0.05, 0.1) is 6.10 Å². The van der Waals surface area contributed by atoms with Crippen LogP contribution in [0, 0.1) is 76.9 Å². The van der Waals surface area contributed by atoms with Gasteiger partial charge in [-0.1, -0.05) is 49.0 Å². The van der Waals surface area contributed by atoms with Crippen molar-refractivity contribution >= 4 is 5.97 Å². The van der Waals surface area contributed by atoms with E-state index in [9.17, 15) is 18.0 Å². The summed E-state index contributed by atoms with van der Waals surface area (Å²) in [5.41, 5.74) is 0.689. The fourth-order valence-electron chi connectivity index (χ4n) is 11.6. The van der Waals surface area contributed by atoms with Gasteiger partial charge in [0.15, 0.2) is 6.10 Å². The molecule has 0 aromatic carbocycles. The second-order valence-corrected chi connectivity index (χ2v) is 13.7. The molecule has 11 atom stereocenters. The third-order valence-corrected chi connectivity index (χ3v) is 12.9. The molecule has 0 amide bonds. The van der Waals surface area contributed by atoms with Crippen molar-refractivity contribution in [2.45, 2.75) is 138 Å². The Hall–Kier alpha value is -1.66. The third-order valence-electron chi connectivity index (χ3n) is 12.9. The van der Waals surface area contributed by atoms with Crippen LogP contribution >= 0.6 is 0 Å². The van der Waals surface area contributed by atoms with E-state index in [0.29, 0.717) is 40.9 Å². The molecule has 1 heterocycles. The van der Waals surface area contributed by atoms with Crippen molar-refractivity contribution in [1.82, 2.24) is 0 Å². The van der Waals surface area contributed by atoms with Crippen LogP contribution in [-0.4, -0.2) is 30.5 Å². The first-order valence-corrected chi connectivity index (χ1v) is 15.4. The van der Waals surface area contributed by atoms with Crippen LogP contribution in [0.5, 0.6) is 0 Å². The van der Waals surface area contributed by atoms with Crippen molar-refractivity contribution in [3.63, 3.8) is 0 Å². The molecule has 6 fully saturated rings. The van der Waals surface area contributed by atoms with E-state index >= 15 is 0 Å². The second-order valence-electron chi connectivity index (χ2n) is 13.7. The van der Waals surface area contributed by atoms with Gasteiger partial charge in [-0.15, -0.1) is 25.7 Å². The van der Waals surface area contributed by atoms with Crippen LogP contribution in [0.2, 0.25) is 0 Å². The van der Waals surface area contributed by atoms with Crippen LogP contribution in [0.25, 0.3) is 0 Å². The molecule has 0 N–H and O–H groups in total. The number of esters is 1. The predicted octanol–water partition coefficient (Wildman–Crippen LogP) is 9.09. The molecule has 0 aromatic heterocycles. The summed E-state index contributed by atoms with van der Waals surface area (Å²) >= 11 is 0. The average molecular weight is 581 g/mol. The highest BCUT2D eigenvalue weighted by Gasteiger charge is 2.84. The summed E-state index contributed by atoms with van der Waals surface area (Å²) in [6.07, 6.45) is 18.2. The SMILES string of the molecule is C.C#C.C#C.CC.CC(=O)O[C@H]1CCC23C(CC[C@H]4C5CC6OC(C(F)(F)F)CCC6[C@@]5(C)CC[C@]42[C@@H]3C)C1(C)C. The van der Waals surface area contributed by atoms with Crippen molar-refractivity contribution in [3.8, 4) is 25.7 Å². The summed E-state index contributed by atoms with van der Waals surface area (Å²) in [7, 11) is 0. The predicted molar refractivity (Wildman–Crippen MR) is 160 cm³/mol. The molecule has 2 spiro atoms. The lowest BCUT2D eigenvalue weighted by Crippen LogP contribution is -2.55. The highest BCUT2D eigenvalue weighted by molar-refractivity contribution is 5.66. The third kappa shape index (κ3) is 4.83. The van der Waals surface area contributed by atoms with Gasteiger partial charge in [0.2, 0.25) is 0 Å². The Balaban J connectivity index is 0.000000791. The highest BCUT2D eigenvalue weighted by atomic mass is 19.4. The molecule has 234 valence electrons. The zero-order valence-electron chi connectivity index (χ0n) is 25.7. The average Bonchev–Trinajstić information content (AvgIpc) is 3.30. The summed E-state index contributed by atoms with van der Waals surface area (Å²) in [6, 6.07) is 0. The standard InChI is InChI=1S/C28H41F3O3.C2H6.2C2H2.CH4/c1-15-26-13-12-25(5)18-7-9-23(28(29,30)31)34-20(18)14-19(25)17(26)6-8-21-24(3,4)22(33-16(2)32)10-11-27(15,21)26;3*1-2;/h15,17-23H,6-14H2,1-5H3;1-2H3;2*1-2H;1H4/t15-,17-,18?,19?,20?,21?,22-,23?,25+,26-,27?;;;;/m0..../s1. The molecule has 6 unspecified atom stereocenters. The minimum absolute atomic E-state index is 0. The minimum Gasteiger partial charge on any atom is -0.462 e. The maximum atomic E-state index is 13.5. The van der Waals surface area contributed by atoms with E-state index in [-0.39, 0.29) is 48.8 Å². The number of alkyl halides is 3. The Morgan fingerprint density at radius 3 is 2.00 bits per heavy atom. The summed E-state index contributed by atoms with van der Waals surface area (Å²) in [4.78, 5) is 11.8. The quantitative estimate of drug-likeness (QED) is 0.229. The van der Waals surface area contributed by atoms with Crippen molar-refractivity contribution in [2.75, 3.05) is 0 Å². The first-order valence-electron chi connectivity index (χ1n) is 15.4. The lowest BCUT2D eigenvalue weighted by Gasteiger charge is -2.59. The second kappa shape index (κ2) is 12.1. The molecule has 0 aromatic rings. The van der Waals surface area contributed by atoms with Gasteiger partial charge in [0.25, 0.3) is 0 Å². The Morgan fingerprint density at radius 2 is 1.44 bits per heavy atom. The number of fused-ring (bicyclic) bond motifs is 4. The lowest BCUT2D eigenvalue weighted by molar-refractivity contribution is -0.254. The van der Waals surface area contributed by atoms with Gasteiger partial charge in [-0.2, -0.15) is 13.2 Å². The largest absolute Gasteiger partial charge is 0.462 e. The molecule has 41 heavy (non-hydrogen) atoms. The Kier molecular flexibility index (Phi) is 10.5. The van der Waals surface area contributed by atoms with E-state index < -0.39 is 12.3 Å². The van der Waals surface area contributed by atoms with E-state index in [1.807, 2.05) is 13.8 Å². The number of carbonyl (C=O) groups excluding carboxylic acids is 1. The van der Waals surface area contributed by atoms with Gasteiger partial charge in [-0.05, 0) is 104 Å². The summed E-state index contributed by atoms with van der Waals surface area (Å²) < 4.78 is 52.0. The van der Waals surface area contributed by atoms with Gasteiger partial charge in [0.1, 0.15) is 6.10 Å². The maximum absolute atomic E-state index is 13.5. The zero-order valence-corrected chi connectivity index (χ0v) is 25.7. The Morgan fingerprint density at radius 1 is 0.854 bits per heavy atom. The van der Waals surface area contributed by atoms with Crippen molar-refractivity contribution in [2.24, 2.45) is 51.2 Å². The van der Waals surface area contributed by atoms with Gasteiger partial charge >= 0.3 is 12.1 Å². The first-order chi connectivity index (χ1) is 18.8. The van der Waals surface area contributed by atoms with Crippen LogP contribution < -0.4 is 0 Å². The number of ether oxygens (including phenoxy) is 2. The lowest BCUT2D eigenvalue weighted by atomic mass is 9.46. The molecule has 6 heteroatoms. The van der Waals surface area contributed by atoms with Crippen LogP contribution in [0.1, 0.15) is 114 Å². The van der Waals surface area contributed by atoms with Crippen molar-refractivity contribution < 1.29 is 27.4 Å². The molecule has 1 saturated heterocycles. The van der Waals surface area contributed by atoms with Gasteiger partial charge in [-0.3, -0.25) is 4.79 Å². The molecule has 6 rings (SSSR count). The molecule has 0 radical (unpaired) electrons. The van der Waals surface area contributed by atoms with E-state index in [2.05, 4.69) is 53.4 Å². The summed E-state index contributed by atoms with van der Waals surface area (Å²) in [6.45, 7) is 15.0. The molecule has 5 saturated carbocycles. The summed E-state index contributed by atoms with van der Waals surface area (Å²) in [5.74, 6) is 2.35. The van der Waals surface area contributed by atoms with E-state index in [1.54, 1.807) is 0 Å². The molecule has 3 nitrogen and oxygen atoms in total. The molecular formula is C35H55F3O3. The number of halogens is 3. The van der Waals surface area contributed by atoms with Crippen molar-refractivity contribution in [3.05, 3.63) is 0 Å². The minimum atomic E-state index is -4.25. The van der Waals surface area contributed by atoms with E-state index in [0.717, 1.165) is 38.5 Å². The maximum Gasteiger partial charge on any atom is 0.414 e. The van der Waals surface area contributed by atoms with Gasteiger partial charge in [0, 0.05) is 12.3 Å². The van der Waals surface area contributed by atoms with E-state index in [4.69, 9.17) is 9.47 Å². The Bertz CT molecular complexity index is 963. The van der Waals surface area contributed by atoms with Crippen LogP contribution in [0.3, 0.4) is 0 Å². The topological polar surface area (TPSA) is 35.5 Å². The fourth-order valence-corrected chi connectivity index (χ4v) is 11.6. The molecule has 5 aliphatic carbocycles. The van der Waals surface area contributed by atoms with Gasteiger partial charge in [-0.25, -0.2) is 0 Å². The van der Waals surface area contributed by atoms with Crippen molar-refractivity contribution in [1.29, 1.82) is 0 Å². The number of terminal acetylenes is 2. The van der Waals surface area contributed by atoms with E-state index in [1.165, 1.54) is 13.3 Å². The number of carbonyl (C=O) groups is 1. The van der Waals surface area contributed by atoms with Crippen LogP contribution in [-0.2, 0) is 14.3 Å². The fraction of sp³-hybridized carbons (Fsp3) is 0.857. The molecule has 0 bridgehead atoms. The van der Waals surface area contributed by atoms with Gasteiger partial charge < -0.3 is 9.47 Å². The molecular weight excluding hydrogens is 525 g/mol. The Labute approximate surface area is 248 Å². The molecule has 6 aliphatic rings. The zero-order chi connectivity index (χ0) is 30.5. The summed E-state index contributed by atoms with van der Waals surface area (Å²) in [5, 5.41) is 0. The van der Waals surface area contributed by atoms with Crippen LogP contribution in [0.4, 0.5) is 13.2 Å². The normalized spacial score (nSPS) is 46.0. The van der Waals surface area contributed by atoms with Crippen LogP contribution in [0.15, 0.2) is 0 Å². The first kappa shape index (κ1) is 35.5. The smallest absolute Gasteiger partial charge is 0.414 e. The molecule has 1 aliphatic heterocycles. The highest BCUT2D eigenvalue weighted by Crippen LogP contribution is 2.89. The monoisotopic (exact) mass is 580 g/mol. The number of rotatable bonds is 1.